The van der Waals surface area contributed by atoms with Crippen LogP contribution in [0.1, 0.15) is 29.7 Å². The minimum absolute atomic E-state index is 0.0158. The van der Waals surface area contributed by atoms with E-state index in [1.54, 1.807) is 6.33 Å². The first kappa shape index (κ1) is 15.1. The zero-order valence-electron chi connectivity index (χ0n) is 13.3. The number of aryl methyl sites for hydroxylation is 1. The summed E-state index contributed by atoms with van der Waals surface area (Å²) in [7, 11) is 0. The fourth-order valence-electron chi connectivity index (χ4n) is 2.95. The maximum atomic E-state index is 4.38. The number of nitrogens with one attached hydrogen (secondary N) is 1. The Morgan fingerprint density at radius 2 is 2.00 bits per heavy atom. The minimum atomic E-state index is 0.0158. The van der Waals surface area contributed by atoms with Gasteiger partial charge in [0.1, 0.15) is 12.4 Å². The Hall–Kier alpha value is -2.40. The normalized spacial score (nSPS) is 16.2. The molecule has 4 rings (SSSR count). The van der Waals surface area contributed by atoms with Gasteiger partial charge in [0.15, 0.2) is 0 Å². The van der Waals surface area contributed by atoms with Crippen molar-refractivity contribution >= 4 is 27.6 Å². The van der Waals surface area contributed by atoms with Gasteiger partial charge in [0.05, 0.1) is 0 Å². The topological polar surface area (TPSA) is 42.7 Å². The lowest BCUT2D eigenvalue weighted by Crippen LogP contribution is -2.20. The lowest BCUT2D eigenvalue weighted by atomic mass is 10.0. The summed E-state index contributed by atoms with van der Waals surface area (Å²) < 4.78 is 2.97. The summed E-state index contributed by atoms with van der Waals surface area (Å²) in [6.07, 6.45) is 4.83. The van der Waals surface area contributed by atoms with Gasteiger partial charge in [-0.2, -0.15) is 10.1 Å². The fraction of sp³-hybridized carbons (Fsp3) is 0.158. The molecule has 1 N–H and O–H groups in total. The van der Waals surface area contributed by atoms with Gasteiger partial charge in [-0.25, -0.2) is 4.68 Å². The van der Waals surface area contributed by atoms with E-state index in [4.69, 9.17) is 0 Å². The zero-order valence-corrected chi connectivity index (χ0v) is 14.9. The van der Waals surface area contributed by atoms with Crippen LogP contribution in [0.5, 0.6) is 0 Å². The number of fused-ring (bicyclic) bond motifs is 1. The molecule has 1 unspecified atom stereocenters. The van der Waals surface area contributed by atoms with Gasteiger partial charge < -0.3 is 5.32 Å². The zero-order chi connectivity index (χ0) is 16.5. The van der Waals surface area contributed by atoms with Crippen LogP contribution in [0.25, 0.3) is 5.70 Å². The van der Waals surface area contributed by atoms with Crippen molar-refractivity contribution in [3.8, 4) is 0 Å². The number of allylic oxidation sites excluding steroid dienone is 1. The molecule has 2 aromatic carbocycles. The van der Waals surface area contributed by atoms with E-state index < -0.39 is 0 Å². The van der Waals surface area contributed by atoms with Gasteiger partial charge in [0.2, 0.25) is 5.95 Å². The van der Waals surface area contributed by atoms with Gasteiger partial charge in [-0.05, 0) is 41.3 Å². The summed E-state index contributed by atoms with van der Waals surface area (Å²) in [6, 6.07) is 17.0. The smallest absolute Gasteiger partial charge is 0.226 e. The standard InChI is InChI=1S/C19H17BrN4/c1-2-13-6-8-14(9-7-13)17-11-18(15-4-3-5-16(20)10-15)24-19(23-17)21-12-22-24/h3-12,18H,2H2,1H3,(H,21,22,23). The molecule has 0 spiro atoms. The first-order valence-electron chi connectivity index (χ1n) is 7.97. The molecule has 4 nitrogen and oxygen atoms in total. The van der Waals surface area contributed by atoms with Crippen molar-refractivity contribution in [3.05, 3.63) is 82.1 Å². The average molecular weight is 381 g/mol. The van der Waals surface area contributed by atoms with E-state index in [-0.39, 0.29) is 6.04 Å². The van der Waals surface area contributed by atoms with E-state index in [0.717, 1.165) is 28.1 Å². The molecule has 5 heteroatoms. The maximum absolute atomic E-state index is 4.38. The highest BCUT2D eigenvalue weighted by Crippen LogP contribution is 2.32. The fourth-order valence-corrected chi connectivity index (χ4v) is 3.37. The van der Waals surface area contributed by atoms with Crippen LogP contribution >= 0.6 is 15.9 Å². The van der Waals surface area contributed by atoms with Crippen LogP contribution in [0.15, 0.2) is 65.4 Å². The molecule has 0 radical (unpaired) electrons. The molecule has 0 saturated carbocycles. The number of aromatic nitrogens is 3. The van der Waals surface area contributed by atoms with Gasteiger partial charge in [0.25, 0.3) is 0 Å². The summed E-state index contributed by atoms with van der Waals surface area (Å²) >= 11 is 3.55. The molecule has 1 aromatic heterocycles. The molecular weight excluding hydrogens is 364 g/mol. The maximum Gasteiger partial charge on any atom is 0.226 e. The van der Waals surface area contributed by atoms with E-state index in [0.29, 0.717) is 0 Å². The second-order valence-electron chi connectivity index (χ2n) is 5.78. The summed E-state index contributed by atoms with van der Waals surface area (Å²) in [5, 5.41) is 7.77. The summed E-state index contributed by atoms with van der Waals surface area (Å²) in [5.74, 6) is 0.761. The third-order valence-corrected chi connectivity index (χ3v) is 4.76. The molecule has 0 bridgehead atoms. The predicted molar refractivity (Wildman–Crippen MR) is 99.7 cm³/mol. The van der Waals surface area contributed by atoms with Crippen molar-refractivity contribution in [3.63, 3.8) is 0 Å². The second kappa shape index (κ2) is 6.24. The van der Waals surface area contributed by atoms with Gasteiger partial charge >= 0.3 is 0 Å². The Labute approximate surface area is 149 Å². The lowest BCUT2D eigenvalue weighted by Gasteiger charge is -2.24. The third-order valence-electron chi connectivity index (χ3n) is 4.27. The van der Waals surface area contributed by atoms with Crippen molar-refractivity contribution in [2.45, 2.75) is 19.4 Å². The molecule has 24 heavy (non-hydrogen) atoms. The first-order valence-corrected chi connectivity index (χ1v) is 8.77. The molecule has 3 aromatic rings. The van der Waals surface area contributed by atoms with Gasteiger partial charge in [-0.15, -0.1) is 0 Å². The molecule has 1 aliphatic heterocycles. The molecule has 0 fully saturated rings. The van der Waals surface area contributed by atoms with Gasteiger partial charge in [0, 0.05) is 10.2 Å². The minimum Gasteiger partial charge on any atom is -0.324 e. The number of anilines is 1. The van der Waals surface area contributed by atoms with E-state index >= 15 is 0 Å². The van der Waals surface area contributed by atoms with Crippen LogP contribution in [0.3, 0.4) is 0 Å². The van der Waals surface area contributed by atoms with Crippen molar-refractivity contribution in [2.24, 2.45) is 0 Å². The number of benzene rings is 2. The highest BCUT2D eigenvalue weighted by molar-refractivity contribution is 9.10. The Bertz CT molecular complexity index is 896. The molecule has 1 aliphatic rings. The highest BCUT2D eigenvalue weighted by atomic mass is 79.9. The van der Waals surface area contributed by atoms with Crippen molar-refractivity contribution < 1.29 is 0 Å². The van der Waals surface area contributed by atoms with E-state index in [1.807, 2.05) is 16.8 Å². The molecule has 2 heterocycles. The Morgan fingerprint density at radius 1 is 1.17 bits per heavy atom. The van der Waals surface area contributed by atoms with Crippen LogP contribution in [0.2, 0.25) is 0 Å². The van der Waals surface area contributed by atoms with Gasteiger partial charge in [-0.1, -0.05) is 59.3 Å². The highest BCUT2D eigenvalue weighted by Gasteiger charge is 2.23. The Kier molecular flexibility index (Phi) is 3.94. The molecule has 1 atom stereocenters. The number of halogens is 1. The first-order chi connectivity index (χ1) is 11.7. The van der Waals surface area contributed by atoms with E-state index in [9.17, 15) is 0 Å². The quantitative estimate of drug-likeness (QED) is 0.718. The number of nitrogens with zero attached hydrogens (tertiary/aromatic N) is 3. The molecule has 0 saturated heterocycles. The van der Waals surface area contributed by atoms with E-state index in [2.05, 4.69) is 80.7 Å². The van der Waals surface area contributed by atoms with Crippen LogP contribution < -0.4 is 5.32 Å². The van der Waals surface area contributed by atoms with Crippen molar-refractivity contribution in [1.29, 1.82) is 0 Å². The van der Waals surface area contributed by atoms with Crippen LogP contribution in [-0.4, -0.2) is 14.8 Å². The second-order valence-corrected chi connectivity index (χ2v) is 6.70. The van der Waals surface area contributed by atoms with Crippen LogP contribution in [0.4, 0.5) is 5.95 Å². The van der Waals surface area contributed by atoms with Crippen LogP contribution in [-0.2, 0) is 6.42 Å². The SMILES string of the molecule is CCc1ccc(C2=CC(c3cccc(Br)c3)n3ncnc3N2)cc1. The van der Waals surface area contributed by atoms with Crippen molar-refractivity contribution in [1.82, 2.24) is 14.8 Å². The van der Waals surface area contributed by atoms with Gasteiger partial charge in [-0.3, -0.25) is 0 Å². The van der Waals surface area contributed by atoms with E-state index in [1.165, 1.54) is 11.1 Å². The molecular formula is C19H17BrN4. The number of hydrogen-bond donors (Lipinski definition) is 1. The average Bonchev–Trinajstić information content (AvgIpc) is 3.09. The molecule has 0 aliphatic carbocycles. The summed E-state index contributed by atoms with van der Waals surface area (Å²) in [5.41, 5.74) is 4.71. The summed E-state index contributed by atoms with van der Waals surface area (Å²) in [4.78, 5) is 4.35. The Balaban J connectivity index is 1.78. The summed E-state index contributed by atoms with van der Waals surface area (Å²) in [6.45, 7) is 2.17. The monoisotopic (exact) mass is 380 g/mol. The van der Waals surface area contributed by atoms with Crippen molar-refractivity contribution in [2.75, 3.05) is 5.32 Å². The lowest BCUT2D eigenvalue weighted by molar-refractivity contribution is 0.611. The predicted octanol–water partition coefficient (Wildman–Crippen LogP) is 4.66. The third kappa shape index (κ3) is 2.76. The van der Waals surface area contributed by atoms with Crippen LogP contribution in [0, 0.1) is 0 Å². The molecule has 0 amide bonds. The number of rotatable bonds is 3. The number of hydrogen-bond acceptors (Lipinski definition) is 3. The molecule has 120 valence electrons. The largest absolute Gasteiger partial charge is 0.324 e. The Morgan fingerprint density at radius 3 is 2.75 bits per heavy atom.